The molecule has 0 fully saturated rings. The van der Waals surface area contributed by atoms with Gasteiger partial charge in [-0.3, -0.25) is 0 Å². The van der Waals surface area contributed by atoms with Crippen molar-refractivity contribution < 1.29 is 4.21 Å². The molecule has 0 atom stereocenters. The molecule has 0 heterocycles. The smallest absolute Gasteiger partial charge is 0.0844 e. The molecule has 1 nitrogen and oxygen atoms in total. The van der Waals surface area contributed by atoms with Gasteiger partial charge in [0.2, 0.25) is 0 Å². The Hall–Kier alpha value is -0.110. The Labute approximate surface area is 35.1 Å². The van der Waals surface area contributed by atoms with Crippen LogP contribution in [0.4, 0.5) is 0 Å². The average molecular weight is 89.1 g/mol. The molecule has 0 aromatic carbocycles. The van der Waals surface area contributed by atoms with Crippen LogP contribution < -0.4 is 0 Å². The Morgan fingerprint density at radius 1 is 1.80 bits per heavy atom. The Kier molecular flexibility index (Phi) is 3.80. The molecular weight excluding hydrogens is 84.1 g/mol. The van der Waals surface area contributed by atoms with Crippen LogP contribution in [-0.4, -0.2) is 9.58 Å². The molecule has 0 N–H and O–H groups in total. The monoisotopic (exact) mass is 89.0 g/mol. The molecule has 0 aliphatic heterocycles. The normalized spacial score (nSPS) is 6.60. The minimum atomic E-state index is 0.471. The highest BCUT2D eigenvalue weighted by atomic mass is 32.1. The summed E-state index contributed by atoms with van der Waals surface area (Å²) in [5, 5.41) is 1.49. The van der Waals surface area contributed by atoms with Gasteiger partial charge in [0.1, 0.15) is 0 Å². The topological polar surface area (TPSA) is 17.1 Å². The molecule has 0 aliphatic carbocycles. The van der Waals surface area contributed by atoms with Gasteiger partial charge in [-0.25, -0.2) is 4.21 Å². The second-order valence-corrected chi connectivity index (χ2v) is 1.03. The van der Waals surface area contributed by atoms with Crippen LogP contribution >= 0.6 is 0 Å². The highest BCUT2D eigenvalue weighted by Crippen LogP contribution is 1.52. The van der Waals surface area contributed by atoms with E-state index in [4.69, 9.17) is 0 Å². The molecule has 1 radical (unpaired) electrons. The van der Waals surface area contributed by atoms with E-state index in [1.54, 1.807) is 6.42 Å². The van der Waals surface area contributed by atoms with Crippen molar-refractivity contribution in [3.05, 3.63) is 6.42 Å². The van der Waals surface area contributed by atoms with Gasteiger partial charge in [0.05, 0.1) is 11.3 Å². The molecule has 29 valence electrons. The quantitative estimate of drug-likeness (QED) is 0.420. The zero-order chi connectivity index (χ0) is 4.12. The van der Waals surface area contributed by atoms with Gasteiger partial charge in [-0.05, 0) is 6.42 Å². The fourth-order valence-corrected chi connectivity index (χ4v) is 0.167. The van der Waals surface area contributed by atoms with Gasteiger partial charge in [0.15, 0.2) is 0 Å². The van der Waals surface area contributed by atoms with E-state index in [0.29, 0.717) is 11.3 Å². The summed E-state index contributed by atoms with van der Waals surface area (Å²) in [4.78, 5) is 0. The second-order valence-electron chi connectivity index (χ2n) is 0.566. The third kappa shape index (κ3) is 3.89. The first kappa shape index (κ1) is 4.89. The summed E-state index contributed by atoms with van der Waals surface area (Å²) in [5.41, 5.74) is 0. The van der Waals surface area contributed by atoms with Crippen LogP contribution in [0.3, 0.4) is 0 Å². The molecule has 0 bridgehead atoms. The largest absolute Gasteiger partial charge is 0.213 e. The maximum Gasteiger partial charge on any atom is 0.0844 e. The van der Waals surface area contributed by atoms with E-state index in [0.717, 1.165) is 0 Å². The summed E-state index contributed by atoms with van der Waals surface area (Å²) in [6, 6.07) is 0. The summed E-state index contributed by atoms with van der Waals surface area (Å²) in [7, 11) is 0. The summed E-state index contributed by atoms with van der Waals surface area (Å²) < 4.78 is 9.36. The molecule has 0 aliphatic rings. The molecule has 5 heavy (non-hydrogen) atoms. The Balaban J connectivity index is 2.93. The number of hydrogen-bond acceptors (Lipinski definition) is 1. The third-order valence-corrected chi connectivity index (χ3v) is 0.575. The van der Waals surface area contributed by atoms with Crippen LogP contribution in [0.5, 0.6) is 0 Å². The van der Waals surface area contributed by atoms with Gasteiger partial charge in [-0.1, -0.05) is 6.92 Å². The zero-order valence-electron chi connectivity index (χ0n) is 2.97. The molecule has 0 rings (SSSR count). The fraction of sp³-hybridized carbons (Fsp3) is 0.333. The van der Waals surface area contributed by atoms with E-state index in [-0.39, 0.29) is 0 Å². The lowest BCUT2D eigenvalue weighted by Crippen LogP contribution is -1.60. The molecule has 2 heteroatoms. The van der Waals surface area contributed by atoms with Gasteiger partial charge < -0.3 is 0 Å². The molecule has 0 aromatic heterocycles. The van der Waals surface area contributed by atoms with Crippen molar-refractivity contribution in [2.45, 2.75) is 6.92 Å². The first-order valence-electron chi connectivity index (χ1n) is 1.31. The molecular formula is C3H5OS. The van der Waals surface area contributed by atoms with Crippen LogP contribution in [0.1, 0.15) is 6.92 Å². The van der Waals surface area contributed by atoms with E-state index in [2.05, 4.69) is 0 Å². The van der Waals surface area contributed by atoms with Crippen LogP contribution in [-0.2, 0) is 11.3 Å². The Morgan fingerprint density at radius 2 is 2.40 bits per heavy atom. The van der Waals surface area contributed by atoms with E-state index < -0.39 is 0 Å². The molecule has 0 saturated heterocycles. The van der Waals surface area contributed by atoms with E-state index in [9.17, 15) is 4.21 Å². The van der Waals surface area contributed by atoms with Crippen LogP contribution in [0.25, 0.3) is 0 Å². The van der Waals surface area contributed by atoms with E-state index in [1.807, 2.05) is 6.92 Å². The summed E-state index contributed by atoms with van der Waals surface area (Å²) in [5.74, 6) is 0. The van der Waals surface area contributed by atoms with Crippen molar-refractivity contribution in [1.82, 2.24) is 0 Å². The molecule has 0 aromatic rings. The standard InChI is InChI=1S/C3H5OS/c1-2-3-5-4/h2-3H,1H3. The molecule has 0 unspecified atom stereocenters. The van der Waals surface area contributed by atoms with Crippen LogP contribution in [0.2, 0.25) is 0 Å². The Bertz CT molecular complexity index is 53.9. The summed E-state index contributed by atoms with van der Waals surface area (Å²) >= 11 is 0.471. The maximum absolute atomic E-state index is 9.36. The van der Waals surface area contributed by atoms with E-state index in [1.165, 1.54) is 5.37 Å². The van der Waals surface area contributed by atoms with Crippen LogP contribution in [0, 0.1) is 6.42 Å². The third-order valence-electron chi connectivity index (χ3n) is 0.192. The predicted octanol–water partition coefficient (Wildman–Crippen LogP) is 0.226. The van der Waals surface area contributed by atoms with Crippen molar-refractivity contribution in [1.29, 1.82) is 0 Å². The van der Waals surface area contributed by atoms with Gasteiger partial charge in [0.25, 0.3) is 0 Å². The Morgan fingerprint density at radius 3 is 2.40 bits per heavy atom. The van der Waals surface area contributed by atoms with Crippen LogP contribution in [0.15, 0.2) is 0 Å². The van der Waals surface area contributed by atoms with Gasteiger partial charge in [-0.2, -0.15) is 0 Å². The molecule has 0 spiro atoms. The summed E-state index contributed by atoms with van der Waals surface area (Å²) in [6.07, 6.45) is 1.71. The van der Waals surface area contributed by atoms with Gasteiger partial charge in [-0.15, -0.1) is 0 Å². The maximum atomic E-state index is 9.36. The first-order valence-corrected chi connectivity index (χ1v) is 2.12. The average Bonchev–Trinajstić information content (AvgIpc) is 1.41. The minimum absolute atomic E-state index is 0.471. The number of rotatable bonds is 1. The SMILES string of the molecule is C[CH]C=S=O. The van der Waals surface area contributed by atoms with Crippen molar-refractivity contribution in [2.24, 2.45) is 0 Å². The first-order chi connectivity index (χ1) is 2.41. The predicted molar refractivity (Wildman–Crippen MR) is 24.2 cm³/mol. The zero-order valence-corrected chi connectivity index (χ0v) is 3.79. The lowest BCUT2D eigenvalue weighted by Gasteiger charge is -1.54. The van der Waals surface area contributed by atoms with Crippen molar-refractivity contribution >= 4 is 16.6 Å². The van der Waals surface area contributed by atoms with Gasteiger partial charge in [0, 0.05) is 5.37 Å². The molecule has 0 amide bonds. The highest BCUT2D eigenvalue weighted by Gasteiger charge is 1.54. The minimum Gasteiger partial charge on any atom is -0.213 e. The van der Waals surface area contributed by atoms with Gasteiger partial charge >= 0.3 is 0 Å². The summed E-state index contributed by atoms with van der Waals surface area (Å²) in [6.45, 7) is 1.81. The number of hydrogen-bond donors (Lipinski definition) is 0. The fourth-order valence-electron chi connectivity index (χ4n) is 0.0556. The molecule has 0 saturated carbocycles. The second kappa shape index (κ2) is 3.89. The van der Waals surface area contributed by atoms with Crippen molar-refractivity contribution in [2.75, 3.05) is 0 Å². The highest BCUT2D eigenvalue weighted by molar-refractivity contribution is 7.65. The lowest BCUT2D eigenvalue weighted by atomic mass is 10.6. The van der Waals surface area contributed by atoms with Crippen molar-refractivity contribution in [3.8, 4) is 0 Å². The van der Waals surface area contributed by atoms with Crippen molar-refractivity contribution in [3.63, 3.8) is 0 Å². The van der Waals surface area contributed by atoms with E-state index >= 15 is 0 Å². The lowest BCUT2D eigenvalue weighted by molar-refractivity contribution is 0.701.